The fourth-order valence-electron chi connectivity index (χ4n) is 2.09. The Bertz CT molecular complexity index is 259. The van der Waals surface area contributed by atoms with Gasteiger partial charge in [0.25, 0.3) is 0 Å². The third-order valence-corrected chi connectivity index (χ3v) is 3.00. The predicted molar refractivity (Wildman–Crippen MR) is 55.5 cm³/mol. The van der Waals surface area contributed by atoms with Crippen LogP contribution in [0.1, 0.15) is 32.6 Å². The van der Waals surface area contributed by atoms with E-state index >= 15 is 0 Å². The molecular weight excluding hydrogens is 196 g/mol. The summed E-state index contributed by atoms with van der Waals surface area (Å²) in [6.07, 6.45) is 3.01. The molecule has 0 aromatic heterocycles. The first kappa shape index (κ1) is 12.0. The molecule has 0 radical (unpaired) electrons. The Morgan fingerprint density at radius 1 is 1.33 bits per heavy atom. The van der Waals surface area contributed by atoms with Crippen molar-refractivity contribution in [1.29, 1.82) is 0 Å². The number of carboxylic acids is 1. The quantitative estimate of drug-likeness (QED) is 0.620. The Balaban J connectivity index is 2.67. The Kier molecular flexibility index (Phi) is 3.68. The van der Waals surface area contributed by atoms with E-state index in [1.54, 1.807) is 14.0 Å². The van der Waals surface area contributed by atoms with E-state index in [1.807, 2.05) is 0 Å². The number of amides is 1. The summed E-state index contributed by atoms with van der Waals surface area (Å²) in [5.41, 5.74) is -0.897. The molecule has 86 valence electrons. The number of nitrogens with one attached hydrogen (secondary N) is 2. The van der Waals surface area contributed by atoms with Gasteiger partial charge in [0.05, 0.1) is 6.04 Å². The predicted octanol–water partition coefficient (Wildman–Crippen LogP) is 0.108. The summed E-state index contributed by atoms with van der Waals surface area (Å²) in [7, 11) is 1.54. The lowest BCUT2D eigenvalue weighted by atomic mass is 9.96. The third kappa shape index (κ3) is 2.47. The number of carbonyl (C=O) groups is 2. The Morgan fingerprint density at radius 3 is 2.27 bits per heavy atom. The largest absolute Gasteiger partial charge is 0.480 e. The van der Waals surface area contributed by atoms with Gasteiger partial charge in [-0.15, -0.1) is 0 Å². The van der Waals surface area contributed by atoms with Crippen LogP contribution in [0.3, 0.4) is 0 Å². The summed E-state index contributed by atoms with van der Waals surface area (Å²) in [5.74, 6) is -1.03. The minimum atomic E-state index is -0.897. The molecule has 0 bridgehead atoms. The standard InChI is InChI=1S/C10H18N2O3/c1-7(8(13)11-2)12-10(9(14)15)5-3-4-6-10/h7,12H,3-6H2,1-2H3,(H,11,13)(H,14,15). The summed E-state index contributed by atoms with van der Waals surface area (Å²) >= 11 is 0. The molecule has 0 aliphatic heterocycles. The van der Waals surface area contributed by atoms with Crippen molar-refractivity contribution in [3.63, 3.8) is 0 Å². The molecule has 0 heterocycles. The smallest absolute Gasteiger partial charge is 0.323 e. The van der Waals surface area contributed by atoms with Gasteiger partial charge in [-0.3, -0.25) is 14.9 Å². The number of carboxylic acid groups (broad SMARTS) is 1. The summed E-state index contributed by atoms with van der Waals surface area (Å²) in [5, 5.41) is 14.6. The fourth-order valence-corrected chi connectivity index (χ4v) is 2.09. The molecule has 0 aromatic rings. The van der Waals surface area contributed by atoms with Crippen LogP contribution in [0.5, 0.6) is 0 Å². The van der Waals surface area contributed by atoms with E-state index in [9.17, 15) is 14.7 Å². The van der Waals surface area contributed by atoms with Crippen LogP contribution in [0, 0.1) is 0 Å². The van der Waals surface area contributed by atoms with Gasteiger partial charge >= 0.3 is 5.97 Å². The maximum Gasteiger partial charge on any atom is 0.323 e. The van der Waals surface area contributed by atoms with Crippen LogP contribution >= 0.6 is 0 Å². The molecule has 0 spiro atoms. The number of likely N-dealkylation sites (N-methyl/N-ethyl adjacent to an activating group) is 1. The van der Waals surface area contributed by atoms with Crippen molar-refractivity contribution in [1.82, 2.24) is 10.6 Å². The average molecular weight is 214 g/mol. The van der Waals surface area contributed by atoms with Gasteiger partial charge in [0.15, 0.2) is 0 Å². The first-order valence-electron chi connectivity index (χ1n) is 5.24. The van der Waals surface area contributed by atoms with Crippen molar-refractivity contribution in [3.05, 3.63) is 0 Å². The van der Waals surface area contributed by atoms with Crippen LogP contribution in [0.25, 0.3) is 0 Å². The van der Waals surface area contributed by atoms with Gasteiger partial charge in [0.1, 0.15) is 5.54 Å². The fraction of sp³-hybridized carbons (Fsp3) is 0.800. The maximum atomic E-state index is 11.3. The van der Waals surface area contributed by atoms with Crippen molar-refractivity contribution in [2.45, 2.75) is 44.2 Å². The summed E-state index contributed by atoms with van der Waals surface area (Å²) in [4.78, 5) is 22.5. The minimum Gasteiger partial charge on any atom is -0.480 e. The van der Waals surface area contributed by atoms with Gasteiger partial charge in [0.2, 0.25) is 5.91 Å². The zero-order valence-electron chi connectivity index (χ0n) is 9.17. The molecule has 15 heavy (non-hydrogen) atoms. The third-order valence-electron chi connectivity index (χ3n) is 3.00. The molecular formula is C10H18N2O3. The molecule has 0 aromatic carbocycles. The highest BCUT2D eigenvalue weighted by Crippen LogP contribution is 2.30. The number of carbonyl (C=O) groups excluding carboxylic acids is 1. The van der Waals surface area contributed by atoms with Crippen molar-refractivity contribution >= 4 is 11.9 Å². The number of rotatable bonds is 4. The highest BCUT2D eigenvalue weighted by molar-refractivity contribution is 5.84. The molecule has 1 unspecified atom stereocenters. The van der Waals surface area contributed by atoms with E-state index in [0.717, 1.165) is 12.8 Å². The van der Waals surface area contributed by atoms with E-state index in [0.29, 0.717) is 12.8 Å². The van der Waals surface area contributed by atoms with Crippen molar-refractivity contribution in [2.75, 3.05) is 7.05 Å². The number of aliphatic carboxylic acids is 1. The molecule has 1 aliphatic carbocycles. The van der Waals surface area contributed by atoms with Gasteiger partial charge in [-0.05, 0) is 19.8 Å². The van der Waals surface area contributed by atoms with Crippen LogP contribution in [0.15, 0.2) is 0 Å². The number of hydrogen-bond donors (Lipinski definition) is 3. The molecule has 1 saturated carbocycles. The van der Waals surface area contributed by atoms with E-state index in [2.05, 4.69) is 10.6 Å². The second-order valence-corrected chi connectivity index (χ2v) is 4.07. The van der Waals surface area contributed by atoms with Crippen molar-refractivity contribution in [3.8, 4) is 0 Å². The zero-order valence-corrected chi connectivity index (χ0v) is 9.17. The van der Waals surface area contributed by atoms with Gasteiger partial charge in [-0.25, -0.2) is 0 Å². The first-order valence-corrected chi connectivity index (χ1v) is 5.24. The van der Waals surface area contributed by atoms with Crippen LogP contribution in [0.2, 0.25) is 0 Å². The second-order valence-electron chi connectivity index (χ2n) is 4.07. The van der Waals surface area contributed by atoms with Gasteiger partial charge in [0, 0.05) is 7.05 Å². The Morgan fingerprint density at radius 2 is 1.87 bits per heavy atom. The summed E-state index contributed by atoms with van der Waals surface area (Å²) in [6.45, 7) is 1.68. The molecule has 1 amide bonds. The van der Waals surface area contributed by atoms with E-state index in [4.69, 9.17) is 0 Å². The minimum absolute atomic E-state index is 0.178. The molecule has 5 nitrogen and oxygen atoms in total. The highest BCUT2D eigenvalue weighted by Gasteiger charge is 2.42. The lowest BCUT2D eigenvalue weighted by Crippen LogP contribution is -2.57. The summed E-state index contributed by atoms with van der Waals surface area (Å²) in [6, 6.07) is -0.468. The lowest BCUT2D eigenvalue weighted by Gasteiger charge is -2.28. The SMILES string of the molecule is CNC(=O)C(C)NC1(C(=O)O)CCCC1. The monoisotopic (exact) mass is 214 g/mol. The zero-order chi connectivity index (χ0) is 11.5. The first-order chi connectivity index (χ1) is 7.02. The van der Waals surface area contributed by atoms with Crippen LogP contribution in [-0.2, 0) is 9.59 Å². The average Bonchev–Trinajstić information content (AvgIpc) is 2.66. The Hall–Kier alpha value is -1.10. The molecule has 1 aliphatic rings. The van der Waals surface area contributed by atoms with Gasteiger partial charge < -0.3 is 10.4 Å². The molecule has 1 atom stereocenters. The maximum absolute atomic E-state index is 11.3. The lowest BCUT2D eigenvalue weighted by molar-refractivity contribution is -0.145. The van der Waals surface area contributed by atoms with Gasteiger partial charge in [-0.2, -0.15) is 0 Å². The molecule has 5 heteroatoms. The van der Waals surface area contributed by atoms with E-state index in [-0.39, 0.29) is 5.91 Å². The molecule has 0 saturated heterocycles. The van der Waals surface area contributed by atoms with Crippen LogP contribution < -0.4 is 10.6 Å². The molecule has 3 N–H and O–H groups in total. The Labute approximate surface area is 89.2 Å². The van der Waals surface area contributed by atoms with E-state index < -0.39 is 17.6 Å². The summed E-state index contributed by atoms with van der Waals surface area (Å²) < 4.78 is 0. The topological polar surface area (TPSA) is 78.4 Å². The van der Waals surface area contributed by atoms with Crippen LogP contribution in [0.4, 0.5) is 0 Å². The normalized spacial score (nSPS) is 20.9. The van der Waals surface area contributed by atoms with Crippen molar-refractivity contribution < 1.29 is 14.7 Å². The van der Waals surface area contributed by atoms with E-state index in [1.165, 1.54) is 0 Å². The number of hydrogen-bond acceptors (Lipinski definition) is 3. The highest BCUT2D eigenvalue weighted by atomic mass is 16.4. The molecule has 1 fully saturated rings. The molecule has 1 rings (SSSR count). The second kappa shape index (κ2) is 4.61. The van der Waals surface area contributed by atoms with Crippen LogP contribution in [-0.4, -0.2) is 35.6 Å². The van der Waals surface area contributed by atoms with Crippen molar-refractivity contribution in [2.24, 2.45) is 0 Å². The van der Waals surface area contributed by atoms with Gasteiger partial charge in [-0.1, -0.05) is 12.8 Å².